The van der Waals surface area contributed by atoms with Crippen molar-refractivity contribution in [2.75, 3.05) is 6.61 Å². The second-order valence-electron chi connectivity index (χ2n) is 4.71. The molecule has 0 atom stereocenters. The van der Waals surface area contributed by atoms with E-state index in [2.05, 4.69) is 18.2 Å². The molecule has 0 saturated heterocycles. The van der Waals surface area contributed by atoms with Gasteiger partial charge in [-0.3, -0.25) is 0 Å². The van der Waals surface area contributed by atoms with Crippen molar-refractivity contribution >= 4 is 16.7 Å². The van der Waals surface area contributed by atoms with Gasteiger partial charge in [-0.15, -0.1) is 0 Å². The van der Waals surface area contributed by atoms with E-state index in [1.165, 1.54) is 0 Å². The van der Waals surface area contributed by atoms with E-state index in [4.69, 9.17) is 9.84 Å². The van der Waals surface area contributed by atoms with Gasteiger partial charge in [0.05, 0.1) is 0 Å². The van der Waals surface area contributed by atoms with Gasteiger partial charge in [0, 0.05) is 5.56 Å². The summed E-state index contributed by atoms with van der Waals surface area (Å²) in [5.41, 5.74) is 1.93. The summed E-state index contributed by atoms with van der Waals surface area (Å²) in [4.78, 5) is 10.7. The molecule has 0 bridgehead atoms. The van der Waals surface area contributed by atoms with E-state index < -0.39 is 5.97 Å². The first-order valence-corrected chi connectivity index (χ1v) is 6.67. The zero-order valence-electron chi connectivity index (χ0n) is 11.3. The van der Waals surface area contributed by atoms with Crippen molar-refractivity contribution in [2.24, 2.45) is 0 Å². The van der Waals surface area contributed by atoms with Gasteiger partial charge in [-0.05, 0) is 22.4 Å². The molecule has 0 aliphatic heterocycles. The molecule has 0 aromatic heterocycles. The number of ether oxygens (including phenoxy) is 1. The van der Waals surface area contributed by atoms with Crippen LogP contribution >= 0.6 is 0 Å². The second kappa shape index (κ2) is 5.67. The highest BCUT2D eigenvalue weighted by molar-refractivity contribution is 5.97. The first-order chi connectivity index (χ1) is 10.3. The van der Waals surface area contributed by atoms with Crippen molar-refractivity contribution in [3.63, 3.8) is 0 Å². The fraction of sp³-hybridized carbons (Fsp3) is 0.0556. The largest absolute Gasteiger partial charge is 0.481 e. The van der Waals surface area contributed by atoms with Crippen LogP contribution in [0.3, 0.4) is 0 Å². The van der Waals surface area contributed by atoms with Crippen molar-refractivity contribution in [2.45, 2.75) is 0 Å². The summed E-state index contributed by atoms with van der Waals surface area (Å²) in [6, 6.07) is 21.7. The topological polar surface area (TPSA) is 46.5 Å². The van der Waals surface area contributed by atoms with Crippen LogP contribution in [-0.2, 0) is 4.79 Å². The van der Waals surface area contributed by atoms with Gasteiger partial charge in [0.25, 0.3) is 0 Å². The summed E-state index contributed by atoms with van der Waals surface area (Å²) in [5, 5.41) is 11.0. The number of benzene rings is 3. The van der Waals surface area contributed by atoms with E-state index in [9.17, 15) is 4.79 Å². The van der Waals surface area contributed by atoms with Crippen molar-refractivity contribution in [1.29, 1.82) is 0 Å². The molecule has 0 aliphatic carbocycles. The van der Waals surface area contributed by atoms with Gasteiger partial charge < -0.3 is 9.84 Å². The predicted octanol–water partition coefficient (Wildman–Crippen LogP) is 3.97. The minimum atomic E-state index is -0.984. The third-order valence-corrected chi connectivity index (χ3v) is 3.32. The Morgan fingerprint density at radius 1 is 0.857 bits per heavy atom. The Bertz CT molecular complexity index is 788. The smallest absolute Gasteiger partial charge is 0.341 e. The Morgan fingerprint density at radius 2 is 1.52 bits per heavy atom. The molecule has 3 aromatic rings. The average Bonchev–Trinajstić information content (AvgIpc) is 2.53. The Kier molecular flexibility index (Phi) is 3.56. The van der Waals surface area contributed by atoms with Crippen molar-refractivity contribution in [3.05, 3.63) is 66.7 Å². The monoisotopic (exact) mass is 278 g/mol. The average molecular weight is 278 g/mol. The lowest BCUT2D eigenvalue weighted by Crippen LogP contribution is -2.09. The normalized spacial score (nSPS) is 10.5. The number of rotatable bonds is 4. The zero-order valence-corrected chi connectivity index (χ0v) is 11.3. The van der Waals surface area contributed by atoms with Crippen LogP contribution in [-0.4, -0.2) is 17.7 Å². The van der Waals surface area contributed by atoms with Gasteiger partial charge in [-0.25, -0.2) is 4.79 Å². The number of carboxylic acid groups (broad SMARTS) is 1. The highest BCUT2D eigenvalue weighted by atomic mass is 16.5. The van der Waals surface area contributed by atoms with Crippen LogP contribution in [0.2, 0.25) is 0 Å². The van der Waals surface area contributed by atoms with E-state index >= 15 is 0 Å². The predicted molar refractivity (Wildman–Crippen MR) is 82.5 cm³/mol. The third kappa shape index (κ3) is 2.72. The summed E-state index contributed by atoms with van der Waals surface area (Å²) < 4.78 is 5.40. The fourth-order valence-corrected chi connectivity index (χ4v) is 2.41. The highest BCUT2D eigenvalue weighted by Gasteiger charge is 2.10. The van der Waals surface area contributed by atoms with Gasteiger partial charge >= 0.3 is 5.97 Å². The van der Waals surface area contributed by atoms with E-state index in [1.54, 1.807) is 6.07 Å². The molecular weight excluding hydrogens is 264 g/mol. The van der Waals surface area contributed by atoms with Crippen LogP contribution in [0.1, 0.15) is 0 Å². The molecule has 0 fully saturated rings. The number of fused-ring (bicyclic) bond motifs is 1. The molecular formula is C18H14O3. The third-order valence-electron chi connectivity index (χ3n) is 3.32. The Hall–Kier alpha value is -2.81. The lowest BCUT2D eigenvalue weighted by Gasteiger charge is -2.12. The van der Waals surface area contributed by atoms with E-state index in [0.29, 0.717) is 5.75 Å². The molecule has 0 aliphatic rings. The van der Waals surface area contributed by atoms with Crippen LogP contribution in [0.15, 0.2) is 66.7 Å². The van der Waals surface area contributed by atoms with Crippen LogP contribution in [0, 0.1) is 0 Å². The quantitative estimate of drug-likeness (QED) is 0.785. The molecule has 3 aromatic carbocycles. The number of para-hydroxylation sites is 1. The van der Waals surface area contributed by atoms with E-state index in [1.807, 2.05) is 42.5 Å². The van der Waals surface area contributed by atoms with Gasteiger partial charge in [0.15, 0.2) is 6.61 Å². The molecule has 1 N–H and O–H groups in total. The van der Waals surface area contributed by atoms with Crippen molar-refractivity contribution < 1.29 is 14.6 Å². The first kappa shape index (κ1) is 13.2. The molecule has 3 nitrogen and oxygen atoms in total. The lowest BCUT2D eigenvalue weighted by atomic mass is 9.98. The fourth-order valence-electron chi connectivity index (χ4n) is 2.41. The maximum atomic E-state index is 10.7. The standard InChI is InChI=1S/C18H14O3/c19-18(20)12-21-17-11-4-3-9-16(17)15-10-5-7-13-6-1-2-8-14(13)15/h1-11H,12H2,(H,19,20). The summed E-state index contributed by atoms with van der Waals surface area (Å²) in [5.74, 6) is -0.404. The van der Waals surface area contributed by atoms with Gasteiger partial charge in [0.1, 0.15) is 5.75 Å². The van der Waals surface area contributed by atoms with Crippen LogP contribution in [0.4, 0.5) is 0 Å². The van der Waals surface area contributed by atoms with Gasteiger partial charge in [0.2, 0.25) is 0 Å². The van der Waals surface area contributed by atoms with Crippen LogP contribution in [0.25, 0.3) is 21.9 Å². The van der Waals surface area contributed by atoms with E-state index in [-0.39, 0.29) is 6.61 Å². The van der Waals surface area contributed by atoms with Crippen molar-refractivity contribution in [3.8, 4) is 16.9 Å². The van der Waals surface area contributed by atoms with Crippen molar-refractivity contribution in [1.82, 2.24) is 0 Å². The molecule has 0 radical (unpaired) electrons. The summed E-state index contributed by atoms with van der Waals surface area (Å²) in [6.07, 6.45) is 0. The molecule has 0 saturated carbocycles. The number of hydrogen-bond donors (Lipinski definition) is 1. The molecule has 3 rings (SSSR count). The number of hydrogen-bond acceptors (Lipinski definition) is 2. The molecule has 104 valence electrons. The minimum Gasteiger partial charge on any atom is -0.481 e. The maximum Gasteiger partial charge on any atom is 0.341 e. The minimum absolute atomic E-state index is 0.345. The van der Waals surface area contributed by atoms with Crippen LogP contribution < -0.4 is 4.74 Å². The Balaban J connectivity index is 2.12. The lowest BCUT2D eigenvalue weighted by molar-refractivity contribution is -0.139. The molecule has 0 amide bonds. The van der Waals surface area contributed by atoms with E-state index in [0.717, 1.165) is 21.9 Å². The molecule has 0 heterocycles. The Labute approximate surface area is 122 Å². The first-order valence-electron chi connectivity index (χ1n) is 6.67. The Morgan fingerprint density at radius 3 is 2.38 bits per heavy atom. The molecule has 3 heteroatoms. The maximum absolute atomic E-state index is 10.7. The zero-order chi connectivity index (χ0) is 14.7. The summed E-state index contributed by atoms with van der Waals surface area (Å²) in [6.45, 7) is -0.345. The SMILES string of the molecule is O=C(O)COc1ccccc1-c1cccc2ccccc12. The van der Waals surface area contributed by atoms with Gasteiger partial charge in [-0.1, -0.05) is 60.7 Å². The van der Waals surface area contributed by atoms with Gasteiger partial charge in [-0.2, -0.15) is 0 Å². The number of aliphatic carboxylic acids is 1. The van der Waals surface area contributed by atoms with Crippen LogP contribution in [0.5, 0.6) is 5.75 Å². The highest BCUT2D eigenvalue weighted by Crippen LogP contribution is 2.34. The molecule has 0 unspecified atom stereocenters. The summed E-state index contributed by atoms with van der Waals surface area (Å²) in [7, 11) is 0. The molecule has 21 heavy (non-hydrogen) atoms. The number of carboxylic acids is 1. The summed E-state index contributed by atoms with van der Waals surface area (Å²) >= 11 is 0. The second-order valence-corrected chi connectivity index (χ2v) is 4.71. The molecule has 0 spiro atoms. The number of carbonyl (C=O) groups is 1.